The first-order chi connectivity index (χ1) is 14.1. The lowest BCUT2D eigenvalue weighted by molar-refractivity contribution is -0.123. The third-order valence-electron chi connectivity index (χ3n) is 4.32. The fraction of sp³-hybridized carbons (Fsp3) is 0.227. The molecule has 2 aromatic carbocycles. The monoisotopic (exact) mass is 393 g/mol. The minimum absolute atomic E-state index is 0.0726. The molecule has 0 saturated heterocycles. The molecule has 0 radical (unpaired) electrons. The van der Waals surface area contributed by atoms with Gasteiger partial charge in [0.25, 0.3) is 5.91 Å². The van der Waals surface area contributed by atoms with Crippen LogP contribution in [0.25, 0.3) is 5.69 Å². The van der Waals surface area contributed by atoms with Gasteiger partial charge in [-0.25, -0.2) is 4.68 Å². The minimum atomic E-state index is -0.252. The first-order valence-electron chi connectivity index (χ1n) is 9.30. The van der Waals surface area contributed by atoms with Gasteiger partial charge >= 0.3 is 0 Å². The molecule has 7 nitrogen and oxygen atoms in total. The second-order valence-electron chi connectivity index (χ2n) is 6.32. The predicted molar refractivity (Wildman–Crippen MR) is 109 cm³/mol. The summed E-state index contributed by atoms with van der Waals surface area (Å²) >= 11 is 0. The van der Waals surface area contributed by atoms with Gasteiger partial charge in [-0.1, -0.05) is 6.92 Å². The average Bonchev–Trinajstić information content (AvgIpc) is 3.25. The average molecular weight is 393 g/mol. The quantitative estimate of drug-likeness (QED) is 0.565. The zero-order valence-electron chi connectivity index (χ0n) is 16.4. The number of rotatable bonds is 9. The number of hydrogen-bond acceptors (Lipinski definition) is 5. The van der Waals surface area contributed by atoms with Crippen LogP contribution >= 0.6 is 0 Å². The van der Waals surface area contributed by atoms with Crippen molar-refractivity contribution in [3.8, 4) is 17.2 Å². The number of hydrogen-bond donors (Lipinski definition) is 1. The van der Waals surface area contributed by atoms with Crippen molar-refractivity contribution in [2.45, 2.75) is 19.9 Å². The summed E-state index contributed by atoms with van der Waals surface area (Å²) in [4.78, 5) is 23.6. The van der Waals surface area contributed by atoms with E-state index in [1.807, 2.05) is 43.5 Å². The van der Waals surface area contributed by atoms with Crippen molar-refractivity contribution in [1.29, 1.82) is 0 Å². The Bertz CT molecular complexity index is 962. The Morgan fingerprint density at radius 1 is 1.00 bits per heavy atom. The molecule has 0 atom stereocenters. The molecular weight excluding hydrogens is 370 g/mol. The molecule has 1 aromatic heterocycles. The summed E-state index contributed by atoms with van der Waals surface area (Å²) in [5.74, 6) is 1.14. The van der Waals surface area contributed by atoms with Crippen LogP contribution in [-0.4, -0.2) is 35.2 Å². The van der Waals surface area contributed by atoms with Crippen molar-refractivity contribution in [2.24, 2.45) is 0 Å². The number of Topliss-reactive ketones (excluding diaryl/α,β-unsaturated/α-hetero) is 1. The molecule has 29 heavy (non-hydrogen) atoms. The van der Waals surface area contributed by atoms with E-state index in [2.05, 4.69) is 10.4 Å². The molecule has 0 bridgehead atoms. The fourth-order valence-corrected chi connectivity index (χ4v) is 2.66. The van der Waals surface area contributed by atoms with Gasteiger partial charge in [-0.05, 0) is 54.6 Å². The molecular formula is C22H23N3O4. The summed E-state index contributed by atoms with van der Waals surface area (Å²) in [5, 5.41) is 7.23. The van der Waals surface area contributed by atoms with E-state index >= 15 is 0 Å². The number of nitrogens with zero attached hydrogens (tertiary/aromatic N) is 2. The zero-order chi connectivity index (χ0) is 20.6. The normalized spacial score (nSPS) is 10.4. The van der Waals surface area contributed by atoms with Crippen LogP contribution in [0.4, 0.5) is 0 Å². The highest BCUT2D eigenvalue weighted by atomic mass is 16.5. The number of benzene rings is 2. The number of carbonyl (C=O) groups excluding carboxylic acids is 2. The van der Waals surface area contributed by atoms with Crippen molar-refractivity contribution in [2.75, 3.05) is 13.7 Å². The molecule has 0 aliphatic carbocycles. The van der Waals surface area contributed by atoms with E-state index in [0.717, 1.165) is 17.1 Å². The lowest BCUT2D eigenvalue weighted by Crippen LogP contribution is -2.28. The van der Waals surface area contributed by atoms with Crippen molar-refractivity contribution >= 4 is 11.7 Å². The third kappa shape index (κ3) is 5.44. The summed E-state index contributed by atoms with van der Waals surface area (Å²) < 4.78 is 12.3. The van der Waals surface area contributed by atoms with Crippen LogP contribution in [0, 0.1) is 0 Å². The number of ether oxygens (including phenoxy) is 2. The Hall–Kier alpha value is -3.61. The molecule has 3 aromatic rings. The van der Waals surface area contributed by atoms with Gasteiger partial charge in [0, 0.05) is 18.2 Å². The molecule has 1 amide bonds. The SMILES string of the molecule is CCC(=O)c1ccc(OCC(=O)NCc2ccn(-c3ccc(OC)cc3)n2)cc1. The Balaban J connectivity index is 1.47. The highest BCUT2D eigenvalue weighted by Gasteiger charge is 2.07. The summed E-state index contributed by atoms with van der Waals surface area (Å²) in [6, 6.07) is 16.1. The summed E-state index contributed by atoms with van der Waals surface area (Å²) in [6.07, 6.45) is 2.29. The van der Waals surface area contributed by atoms with Gasteiger partial charge in [0.1, 0.15) is 11.5 Å². The Morgan fingerprint density at radius 2 is 1.69 bits per heavy atom. The lowest BCUT2D eigenvalue weighted by Gasteiger charge is -2.07. The van der Waals surface area contributed by atoms with Gasteiger partial charge in [-0.15, -0.1) is 0 Å². The van der Waals surface area contributed by atoms with E-state index in [0.29, 0.717) is 24.3 Å². The number of ketones is 1. The van der Waals surface area contributed by atoms with Crippen LogP contribution in [0.1, 0.15) is 29.4 Å². The lowest BCUT2D eigenvalue weighted by atomic mass is 10.1. The van der Waals surface area contributed by atoms with Gasteiger partial charge in [0.05, 0.1) is 25.0 Å². The van der Waals surface area contributed by atoms with Gasteiger partial charge in [0.15, 0.2) is 12.4 Å². The van der Waals surface area contributed by atoms with E-state index in [9.17, 15) is 9.59 Å². The molecule has 1 heterocycles. The largest absolute Gasteiger partial charge is 0.497 e. The van der Waals surface area contributed by atoms with Crippen LogP contribution in [0.15, 0.2) is 60.8 Å². The van der Waals surface area contributed by atoms with Gasteiger partial charge < -0.3 is 14.8 Å². The van der Waals surface area contributed by atoms with Crippen LogP contribution in [0.2, 0.25) is 0 Å². The van der Waals surface area contributed by atoms with Crippen molar-refractivity contribution < 1.29 is 19.1 Å². The highest BCUT2D eigenvalue weighted by Crippen LogP contribution is 2.15. The van der Waals surface area contributed by atoms with Crippen molar-refractivity contribution in [3.63, 3.8) is 0 Å². The second-order valence-corrected chi connectivity index (χ2v) is 6.32. The Morgan fingerprint density at radius 3 is 2.34 bits per heavy atom. The van der Waals surface area contributed by atoms with Crippen molar-refractivity contribution in [3.05, 3.63) is 72.1 Å². The van der Waals surface area contributed by atoms with Crippen LogP contribution in [0.3, 0.4) is 0 Å². The summed E-state index contributed by atoms with van der Waals surface area (Å²) in [5.41, 5.74) is 2.27. The maximum atomic E-state index is 12.0. The highest BCUT2D eigenvalue weighted by molar-refractivity contribution is 5.95. The van der Waals surface area contributed by atoms with E-state index < -0.39 is 0 Å². The molecule has 0 aliphatic heterocycles. The first kappa shape index (κ1) is 20.1. The Kier molecular flexibility index (Phi) is 6.63. The van der Waals surface area contributed by atoms with Crippen molar-refractivity contribution in [1.82, 2.24) is 15.1 Å². The molecule has 0 saturated carbocycles. The maximum Gasteiger partial charge on any atom is 0.258 e. The second kappa shape index (κ2) is 9.54. The number of nitrogens with one attached hydrogen (secondary N) is 1. The van der Waals surface area contributed by atoms with Gasteiger partial charge in [-0.2, -0.15) is 5.10 Å². The molecule has 0 unspecified atom stereocenters. The van der Waals surface area contributed by atoms with Gasteiger partial charge in [-0.3, -0.25) is 9.59 Å². The van der Waals surface area contributed by atoms with Crippen LogP contribution in [0.5, 0.6) is 11.5 Å². The number of carbonyl (C=O) groups is 2. The Labute approximate surface area is 169 Å². The number of aromatic nitrogens is 2. The molecule has 150 valence electrons. The summed E-state index contributed by atoms with van der Waals surface area (Å²) in [6.45, 7) is 2.01. The number of methoxy groups -OCH3 is 1. The smallest absolute Gasteiger partial charge is 0.258 e. The van der Waals surface area contributed by atoms with E-state index in [1.165, 1.54) is 0 Å². The fourth-order valence-electron chi connectivity index (χ4n) is 2.66. The standard InChI is InChI=1S/C22H23N3O4/c1-3-21(26)16-4-8-20(9-5-16)29-15-22(27)23-14-17-12-13-25(24-17)18-6-10-19(28-2)11-7-18/h4-13H,3,14-15H2,1-2H3,(H,23,27). The molecule has 0 spiro atoms. The van der Waals surface area contributed by atoms with Gasteiger partial charge in [0.2, 0.25) is 0 Å². The minimum Gasteiger partial charge on any atom is -0.497 e. The molecule has 7 heteroatoms. The molecule has 3 rings (SSSR count). The topological polar surface area (TPSA) is 82.5 Å². The predicted octanol–water partition coefficient (Wildman–Crippen LogP) is 3.17. The van der Waals surface area contributed by atoms with Crippen LogP contribution < -0.4 is 14.8 Å². The zero-order valence-corrected chi connectivity index (χ0v) is 16.4. The van der Waals surface area contributed by atoms with E-state index in [-0.39, 0.29) is 18.3 Å². The molecule has 1 N–H and O–H groups in total. The first-order valence-corrected chi connectivity index (χ1v) is 9.30. The van der Waals surface area contributed by atoms with Crippen LogP contribution in [-0.2, 0) is 11.3 Å². The van der Waals surface area contributed by atoms with E-state index in [4.69, 9.17) is 9.47 Å². The molecule has 0 fully saturated rings. The molecule has 0 aliphatic rings. The third-order valence-corrected chi connectivity index (χ3v) is 4.32. The number of amides is 1. The van der Waals surface area contributed by atoms with E-state index in [1.54, 1.807) is 36.1 Å². The maximum absolute atomic E-state index is 12.0. The summed E-state index contributed by atoms with van der Waals surface area (Å²) in [7, 11) is 1.62.